The summed E-state index contributed by atoms with van der Waals surface area (Å²) in [5.41, 5.74) is 20.4. The Bertz CT molecular complexity index is 4360. The van der Waals surface area contributed by atoms with Crippen LogP contribution in [0.1, 0.15) is 223 Å². The van der Waals surface area contributed by atoms with Crippen molar-refractivity contribution in [3.8, 4) is 41.2 Å². The van der Waals surface area contributed by atoms with Crippen molar-refractivity contribution >= 4 is 0 Å². The molecular weight excluding hydrogens is 1620 g/mol. The maximum atomic E-state index is 6.00. The summed E-state index contributed by atoms with van der Waals surface area (Å²) in [6, 6.07) is 2.60. The molecule has 0 amide bonds. The molecule has 3 saturated heterocycles. The quantitative estimate of drug-likeness (QED) is 0.0443. The zero-order chi connectivity index (χ0) is 93.0. The highest BCUT2D eigenvalue weighted by molar-refractivity contribution is 5.37. The van der Waals surface area contributed by atoms with Crippen LogP contribution in [0.3, 0.4) is 0 Å². The Hall–Kier alpha value is -7.37. The van der Waals surface area contributed by atoms with Crippen LogP contribution in [0.4, 0.5) is 0 Å². The number of rotatable bonds is 20. The van der Waals surface area contributed by atoms with E-state index in [2.05, 4.69) is 231 Å². The highest BCUT2D eigenvalue weighted by atomic mass is 16.5. The Morgan fingerprint density at radius 2 is 0.664 bits per heavy atom. The van der Waals surface area contributed by atoms with E-state index in [1.165, 1.54) is 64.6 Å². The molecule has 7 N–H and O–H groups in total. The van der Waals surface area contributed by atoms with Crippen LogP contribution in [0.15, 0.2) is 43.4 Å². The third-order valence-electron chi connectivity index (χ3n) is 25.9. The second kappa shape index (κ2) is 43.5. The number of nitrogens with one attached hydrogen (secondary N) is 3. The van der Waals surface area contributed by atoms with Gasteiger partial charge in [-0.05, 0) is 124 Å². The Kier molecular flexibility index (Phi) is 34.4. The minimum Gasteiger partial charge on any atom is -0.477 e. The first-order valence-electron chi connectivity index (χ1n) is 47.6. The van der Waals surface area contributed by atoms with Gasteiger partial charge in [0.1, 0.15) is 26.4 Å². The topological polar surface area (TPSA) is 309 Å². The van der Waals surface area contributed by atoms with Crippen molar-refractivity contribution < 1.29 is 42.6 Å². The Morgan fingerprint density at radius 3 is 0.961 bits per heavy atom. The van der Waals surface area contributed by atoms with Gasteiger partial charge in [0.25, 0.3) is 0 Å². The molecule has 0 saturated carbocycles. The van der Waals surface area contributed by atoms with E-state index in [9.17, 15) is 0 Å². The van der Waals surface area contributed by atoms with Gasteiger partial charge in [0.2, 0.25) is 41.2 Å². The summed E-state index contributed by atoms with van der Waals surface area (Å²) in [4.78, 5) is 9.50. The molecule has 7 unspecified atom stereocenters. The van der Waals surface area contributed by atoms with Crippen LogP contribution in [0.5, 0.6) is 41.2 Å². The van der Waals surface area contributed by atoms with Gasteiger partial charge in [0.15, 0.2) is 0 Å². The van der Waals surface area contributed by atoms with Gasteiger partial charge in [0.05, 0.1) is 146 Å². The number of hydrogen-bond donors (Lipinski definition) is 5. The first-order chi connectivity index (χ1) is 60.4. The molecular formula is C96H167N23O9. The maximum absolute atomic E-state index is 6.00. The molecule has 0 radical (unpaired) electrons. The van der Waals surface area contributed by atoms with Gasteiger partial charge in [-0.1, -0.05) is 145 Å². The SMILES string of the molecule is CC(C)(C)c1cnn2c1OCC(CCCN)C2.CC(C)(C)c1cnn2c1OCC(N1CC(N)C1)C2.CN(C)CCCC1COc2c(C(C)(C)C)cnn2C1.CNC1CN(C2COc3c(C(C)(C)C)cnn3C2)C1.CNCCCC1COc2c(C(C)(C)C)cnn2C1.COC1CN(C2COc3c(C(C)(C)C)cnn3C2)C1.COCCNC1COc2c(C(C)(C)C)cnn2C1. The van der Waals surface area contributed by atoms with Crippen LogP contribution in [-0.2, 0) is 93.2 Å². The van der Waals surface area contributed by atoms with Crippen molar-refractivity contribution in [2.75, 3.05) is 161 Å². The summed E-state index contributed by atoms with van der Waals surface area (Å²) in [6.07, 6.45) is 21.1. The third kappa shape index (κ3) is 26.6. The molecule has 0 bridgehead atoms. The number of nitrogens with two attached hydrogens (primary N) is 2. The summed E-state index contributed by atoms with van der Waals surface area (Å²) in [7, 11) is 11.8. The first-order valence-corrected chi connectivity index (χ1v) is 47.6. The van der Waals surface area contributed by atoms with Crippen LogP contribution in [-0.4, -0.2) is 291 Å². The van der Waals surface area contributed by atoms with E-state index in [1.54, 1.807) is 14.2 Å². The van der Waals surface area contributed by atoms with E-state index >= 15 is 0 Å². The van der Waals surface area contributed by atoms with E-state index in [1.807, 2.05) is 90.2 Å². The lowest BCUT2D eigenvalue weighted by Crippen LogP contribution is -2.62. The lowest BCUT2D eigenvalue weighted by atomic mass is 9.89. The second-order valence-corrected chi connectivity index (χ2v) is 44.5. The molecule has 720 valence electrons. The van der Waals surface area contributed by atoms with Gasteiger partial charge in [-0.25, -0.2) is 32.8 Å². The third-order valence-corrected chi connectivity index (χ3v) is 25.9. The molecule has 128 heavy (non-hydrogen) atoms. The van der Waals surface area contributed by atoms with E-state index in [0.717, 1.165) is 212 Å². The first kappa shape index (κ1) is 101. The fourth-order valence-corrected chi connectivity index (χ4v) is 17.5. The summed E-state index contributed by atoms with van der Waals surface area (Å²) in [5, 5.41) is 41.2. The highest BCUT2D eigenvalue weighted by Gasteiger charge is 2.42. The zero-order valence-electron chi connectivity index (χ0n) is 83.6. The number of likely N-dealkylation sites (tertiary alicyclic amines) is 3. The summed E-state index contributed by atoms with van der Waals surface area (Å²) >= 11 is 0. The Labute approximate surface area is 766 Å². The molecule has 0 aromatic carbocycles. The Morgan fingerprint density at radius 1 is 0.367 bits per heavy atom. The minimum absolute atomic E-state index is 0.0733. The normalized spacial score (nSPS) is 21.9. The molecule has 7 aromatic heterocycles. The van der Waals surface area contributed by atoms with Crippen LogP contribution >= 0.6 is 0 Å². The van der Waals surface area contributed by atoms with E-state index in [4.69, 9.17) is 54.1 Å². The monoisotopic (exact) mass is 1790 g/mol. The van der Waals surface area contributed by atoms with Crippen LogP contribution in [0.25, 0.3) is 0 Å². The van der Waals surface area contributed by atoms with E-state index < -0.39 is 0 Å². The number of ether oxygens (including phenoxy) is 9. The predicted octanol–water partition coefficient (Wildman–Crippen LogP) is 10.5. The smallest absolute Gasteiger partial charge is 0.215 e. The van der Waals surface area contributed by atoms with Crippen molar-refractivity contribution in [3.63, 3.8) is 0 Å². The second-order valence-electron chi connectivity index (χ2n) is 44.5. The zero-order valence-corrected chi connectivity index (χ0v) is 83.6. The lowest BCUT2D eigenvalue weighted by molar-refractivity contribution is -0.0685. The minimum atomic E-state index is 0.0733. The molecule has 7 atom stereocenters. The number of fused-ring (bicyclic) bond motifs is 7. The Balaban J connectivity index is 0.000000145. The fourth-order valence-electron chi connectivity index (χ4n) is 17.5. The summed E-state index contributed by atoms with van der Waals surface area (Å²) in [6.45, 7) is 68.9. The average molecular weight is 1790 g/mol. The lowest BCUT2D eigenvalue weighted by Gasteiger charge is -2.45. The molecule has 17 heterocycles. The molecule has 0 aliphatic carbocycles. The molecule has 0 spiro atoms. The number of likely N-dealkylation sites (N-methyl/N-ethyl adjacent to an activating group) is 1. The molecule has 32 nitrogen and oxygen atoms in total. The van der Waals surface area contributed by atoms with Crippen molar-refractivity contribution in [1.82, 2.24) is 104 Å². The van der Waals surface area contributed by atoms with Crippen molar-refractivity contribution in [1.29, 1.82) is 0 Å². The van der Waals surface area contributed by atoms with Gasteiger partial charge < -0.3 is 74.9 Å². The number of aromatic nitrogens is 14. The van der Waals surface area contributed by atoms with Crippen molar-refractivity contribution in [2.24, 2.45) is 29.2 Å². The summed E-state index contributed by atoms with van der Waals surface area (Å²) in [5.74, 6) is 8.46. The van der Waals surface area contributed by atoms with Gasteiger partial charge in [0, 0.05) is 129 Å². The molecule has 32 heteroatoms. The van der Waals surface area contributed by atoms with Gasteiger partial charge in [-0.2, -0.15) is 35.7 Å². The number of nitrogens with zero attached hydrogens (tertiary/aromatic N) is 18. The van der Waals surface area contributed by atoms with Gasteiger partial charge in [-0.3, -0.25) is 14.7 Å². The largest absolute Gasteiger partial charge is 0.477 e. The van der Waals surface area contributed by atoms with Crippen LogP contribution in [0, 0.1) is 17.8 Å². The highest BCUT2D eigenvalue weighted by Crippen LogP contribution is 2.42. The van der Waals surface area contributed by atoms with Gasteiger partial charge in [-0.15, -0.1) is 0 Å². The number of hydrogen-bond acceptors (Lipinski definition) is 25. The van der Waals surface area contributed by atoms with Gasteiger partial charge >= 0.3 is 0 Å². The van der Waals surface area contributed by atoms with Crippen molar-refractivity contribution in [2.45, 2.75) is 310 Å². The molecule has 10 aliphatic rings. The number of methoxy groups -OCH3 is 2. The maximum Gasteiger partial charge on any atom is 0.215 e. The van der Waals surface area contributed by atoms with E-state index in [0.29, 0.717) is 66.7 Å². The van der Waals surface area contributed by atoms with Crippen LogP contribution < -0.4 is 60.6 Å². The predicted molar refractivity (Wildman–Crippen MR) is 506 cm³/mol. The fraction of sp³-hybridized carbons (Fsp3) is 0.781. The van der Waals surface area contributed by atoms with E-state index in [-0.39, 0.29) is 37.9 Å². The molecule has 10 aliphatic heterocycles. The molecule has 3 fully saturated rings. The summed E-state index contributed by atoms with van der Waals surface area (Å²) < 4.78 is 66.0. The average Bonchev–Trinajstić information content (AvgIpc) is 1.60. The standard InChI is InChI=1S/C15H27N3O.C14H24N4O.C14H23N3O2.C14H25N3O.C13H22N4O.C13H23N3O2.C13H23N3O/c1-15(2,3)13-9-16-18-10-12(11-19-14(13)18)7-6-8-17(4)5;1-14(2,3)12-5-16-18-8-11(9-19-13(12)18)17-6-10(7-17)15-4;1-14(2,3)12-5-15-17-6-10(9-19-13(12)17)16-7-11(8-16)18-4;1-14(2,3)12-8-16-17-9-11(6-5-7-15-4)10-18-13(12)17;1-13(2,3)11-4-15-17-7-10(8-18-12(11)17)16-5-9(14)6-16;1-13(2,3)11-7-15-16-8-10(9-18-12(11)16)14-5-6-17-4;1-13(2,3)11-7-15-16-8-10(5-4-6-14)9-17-12(11)16/h9,12H,6-8,10-11H2,1-5H3;5,10-11,15H,6-9H2,1-4H3;5,10-11H,6-9H2,1-4H3;8,11,15H,5-7,9-10H2,1-4H3;4,9-10H,5-8,14H2,1-3H3;7,10,14H,5-6,8-9H2,1-4H3;7,10H,4-6,8-9,14H2,1-3H3. The van der Waals surface area contributed by atoms with Crippen LogP contribution in [0.2, 0.25) is 0 Å². The van der Waals surface area contributed by atoms with Crippen molar-refractivity contribution in [3.05, 3.63) is 82.3 Å². The molecule has 17 rings (SSSR count). The molecule has 7 aromatic rings.